The third-order valence-electron chi connectivity index (χ3n) is 4.25. The minimum atomic E-state index is -4.51. The maximum Gasteiger partial charge on any atom is 0.357 e. The zero-order valence-electron chi connectivity index (χ0n) is 16.4. The van der Waals surface area contributed by atoms with Gasteiger partial charge in [-0.25, -0.2) is 13.8 Å². The average molecular weight is 437 g/mol. The Morgan fingerprint density at radius 3 is 2.47 bits per heavy atom. The molecule has 1 aromatic carbocycles. The molecule has 7 nitrogen and oxygen atoms in total. The van der Waals surface area contributed by atoms with Crippen LogP contribution < -0.4 is 4.18 Å². The summed E-state index contributed by atoms with van der Waals surface area (Å²) in [5, 5.41) is 9.19. The van der Waals surface area contributed by atoms with E-state index in [1.807, 2.05) is 0 Å². The van der Waals surface area contributed by atoms with Gasteiger partial charge in [-0.15, -0.1) is 0 Å². The fourth-order valence-corrected chi connectivity index (χ4v) is 4.42. The molecular weight excluding hydrogens is 416 g/mol. The highest BCUT2D eigenvalue weighted by atomic mass is 32.2. The zero-order chi connectivity index (χ0) is 21.9. The molecule has 0 atom stereocenters. The highest BCUT2D eigenvalue weighted by Gasteiger charge is 2.31. The summed E-state index contributed by atoms with van der Waals surface area (Å²) in [5.74, 6) is -2.36. The quantitative estimate of drug-likeness (QED) is 0.545. The molecule has 0 aliphatic rings. The van der Waals surface area contributed by atoms with Crippen molar-refractivity contribution in [3.8, 4) is 5.75 Å². The first kappa shape index (κ1) is 21.8. The Bertz CT molecular complexity index is 1110. The van der Waals surface area contributed by atoms with Gasteiger partial charge < -0.3 is 13.9 Å². The summed E-state index contributed by atoms with van der Waals surface area (Å²) < 4.78 is 59.9. The van der Waals surface area contributed by atoms with Gasteiger partial charge in [-0.2, -0.15) is 8.42 Å². The Hall–Kier alpha value is -2.85. The van der Waals surface area contributed by atoms with E-state index in [0.717, 1.165) is 12.1 Å². The lowest BCUT2D eigenvalue weighted by Gasteiger charge is -2.14. The molecule has 0 aliphatic carbocycles. The summed E-state index contributed by atoms with van der Waals surface area (Å²) in [5.41, 5.74) is 0.942. The van der Waals surface area contributed by atoms with Gasteiger partial charge in [0.05, 0.1) is 18.8 Å². The summed E-state index contributed by atoms with van der Waals surface area (Å²) in [6.07, 6.45) is 3.28. The monoisotopic (exact) mass is 437 g/mol. The van der Waals surface area contributed by atoms with Crippen LogP contribution in [0, 0.1) is 11.6 Å². The Kier molecular flexibility index (Phi) is 6.47. The molecule has 0 unspecified atom stereocenters. The number of imidazole rings is 1. The number of nitrogens with zero attached hydrogens (tertiary/aromatic N) is 3. The van der Waals surface area contributed by atoms with E-state index in [2.05, 4.69) is 9.97 Å². The van der Waals surface area contributed by atoms with Crippen LogP contribution in [-0.2, 0) is 23.1 Å². The molecule has 0 saturated heterocycles. The van der Waals surface area contributed by atoms with E-state index in [1.54, 1.807) is 38.4 Å². The third kappa shape index (κ3) is 4.82. The molecule has 2 aromatic heterocycles. The molecule has 10 heteroatoms. The van der Waals surface area contributed by atoms with Crippen molar-refractivity contribution in [3.05, 3.63) is 71.4 Å². The van der Waals surface area contributed by atoms with Gasteiger partial charge in [0, 0.05) is 37.0 Å². The highest BCUT2D eigenvalue weighted by molar-refractivity contribution is 7.87. The molecule has 0 spiro atoms. The molecule has 0 bridgehead atoms. The van der Waals surface area contributed by atoms with Gasteiger partial charge in [-0.1, -0.05) is 19.9 Å². The molecule has 0 amide bonds. The Morgan fingerprint density at radius 1 is 1.20 bits per heavy atom. The van der Waals surface area contributed by atoms with E-state index in [9.17, 15) is 22.3 Å². The molecule has 0 aliphatic heterocycles. The van der Waals surface area contributed by atoms with Gasteiger partial charge in [0.1, 0.15) is 23.2 Å². The van der Waals surface area contributed by atoms with Crippen molar-refractivity contribution in [2.75, 3.05) is 6.61 Å². The van der Waals surface area contributed by atoms with E-state index in [-0.39, 0.29) is 36.2 Å². The number of hydrogen-bond acceptors (Lipinski definition) is 6. The number of halogens is 2. The summed E-state index contributed by atoms with van der Waals surface area (Å²) in [4.78, 5) is 8.44. The fraction of sp³-hybridized carbons (Fsp3) is 0.300. The third-order valence-corrected chi connectivity index (χ3v) is 5.56. The van der Waals surface area contributed by atoms with Crippen molar-refractivity contribution in [1.82, 2.24) is 14.5 Å². The average Bonchev–Trinajstić information content (AvgIpc) is 3.01. The molecule has 3 rings (SSSR count). The SMILES string of the molecule is CC(C)c1nc(CCO)n(Cc2cccnc2)c1S(=O)(=O)Oc1cc(F)cc(F)c1. The Morgan fingerprint density at radius 2 is 1.90 bits per heavy atom. The number of benzene rings is 1. The fourth-order valence-electron chi connectivity index (χ4n) is 3.01. The van der Waals surface area contributed by atoms with Crippen molar-refractivity contribution in [1.29, 1.82) is 0 Å². The molecular formula is C20H21F2N3O4S. The molecule has 160 valence electrons. The first-order valence-corrected chi connectivity index (χ1v) is 10.6. The van der Waals surface area contributed by atoms with Crippen molar-refractivity contribution < 1.29 is 26.5 Å². The summed E-state index contributed by atoms with van der Waals surface area (Å²) in [7, 11) is -4.51. The number of hydrogen-bond donors (Lipinski definition) is 1. The molecule has 30 heavy (non-hydrogen) atoms. The van der Waals surface area contributed by atoms with Crippen molar-refractivity contribution in [2.24, 2.45) is 0 Å². The highest BCUT2D eigenvalue weighted by Crippen LogP contribution is 2.29. The molecule has 0 saturated carbocycles. The van der Waals surface area contributed by atoms with Crippen LogP contribution in [0.1, 0.15) is 36.8 Å². The number of aliphatic hydroxyl groups excluding tert-OH is 1. The second-order valence-corrected chi connectivity index (χ2v) is 8.40. The van der Waals surface area contributed by atoms with E-state index in [4.69, 9.17) is 4.18 Å². The summed E-state index contributed by atoms with van der Waals surface area (Å²) in [6, 6.07) is 5.66. The van der Waals surface area contributed by atoms with Gasteiger partial charge in [0.25, 0.3) is 0 Å². The van der Waals surface area contributed by atoms with Crippen LogP contribution in [0.25, 0.3) is 0 Å². The van der Waals surface area contributed by atoms with Crippen molar-refractivity contribution >= 4 is 10.1 Å². The normalized spacial score (nSPS) is 11.8. The van der Waals surface area contributed by atoms with E-state index >= 15 is 0 Å². The Labute approximate surface area is 173 Å². The first-order chi connectivity index (χ1) is 14.2. The van der Waals surface area contributed by atoms with Crippen molar-refractivity contribution in [3.63, 3.8) is 0 Å². The van der Waals surface area contributed by atoms with Gasteiger partial charge in [0.2, 0.25) is 0 Å². The maximum atomic E-state index is 13.5. The van der Waals surface area contributed by atoms with Crippen LogP contribution in [0.2, 0.25) is 0 Å². The predicted molar refractivity (Wildman–Crippen MR) is 105 cm³/mol. The van der Waals surface area contributed by atoms with Crippen LogP contribution in [0.15, 0.2) is 47.8 Å². The number of pyridine rings is 1. The van der Waals surface area contributed by atoms with Crippen LogP contribution in [0.3, 0.4) is 0 Å². The lowest BCUT2D eigenvalue weighted by Crippen LogP contribution is -2.19. The topological polar surface area (TPSA) is 94.3 Å². The van der Waals surface area contributed by atoms with Gasteiger partial charge >= 0.3 is 10.1 Å². The maximum absolute atomic E-state index is 13.5. The largest absolute Gasteiger partial charge is 0.396 e. The number of aromatic nitrogens is 3. The van der Waals surface area contributed by atoms with Gasteiger partial charge in [0.15, 0.2) is 5.03 Å². The van der Waals surface area contributed by atoms with Gasteiger partial charge in [-0.05, 0) is 17.5 Å². The van der Waals surface area contributed by atoms with Crippen molar-refractivity contribution in [2.45, 2.75) is 37.8 Å². The second-order valence-electron chi connectivity index (χ2n) is 6.94. The molecule has 1 N–H and O–H groups in total. The molecule has 3 aromatic rings. The summed E-state index contributed by atoms with van der Waals surface area (Å²) >= 11 is 0. The lowest BCUT2D eigenvalue weighted by molar-refractivity contribution is 0.294. The van der Waals surface area contributed by atoms with E-state index < -0.39 is 27.5 Å². The zero-order valence-corrected chi connectivity index (χ0v) is 17.2. The molecule has 2 heterocycles. The Balaban J connectivity index is 2.14. The van der Waals surface area contributed by atoms with Crippen LogP contribution in [-0.4, -0.2) is 34.7 Å². The van der Waals surface area contributed by atoms with E-state index in [0.29, 0.717) is 17.5 Å². The summed E-state index contributed by atoms with van der Waals surface area (Å²) in [6.45, 7) is 3.40. The smallest absolute Gasteiger partial charge is 0.357 e. The predicted octanol–water partition coefficient (Wildman–Crippen LogP) is 3.03. The standard InChI is InChI=1S/C20H21F2N3O4S/c1-13(2)19-20(30(27,28)29-17-9-15(21)8-16(22)10-17)25(18(24-19)5-7-26)12-14-4-3-6-23-11-14/h3-4,6,8-11,13,26H,5,7,12H2,1-2H3. The van der Waals surface area contributed by atoms with Crippen LogP contribution >= 0.6 is 0 Å². The lowest BCUT2D eigenvalue weighted by atomic mass is 10.1. The molecule has 0 radical (unpaired) electrons. The minimum Gasteiger partial charge on any atom is -0.396 e. The van der Waals surface area contributed by atoms with Gasteiger partial charge in [-0.3, -0.25) is 4.98 Å². The van der Waals surface area contributed by atoms with E-state index in [1.165, 1.54) is 4.57 Å². The number of aliphatic hydroxyl groups is 1. The first-order valence-electron chi connectivity index (χ1n) is 9.21. The number of rotatable bonds is 8. The van der Waals surface area contributed by atoms with Crippen LogP contribution in [0.5, 0.6) is 5.75 Å². The second kappa shape index (κ2) is 8.88. The minimum absolute atomic E-state index is 0.109. The molecule has 0 fully saturated rings. The van der Waals surface area contributed by atoms with Crippen LogP contribution in [0.4, 0.5) is 8.78 Å².